The number of nitrogens with zero attached hydrogens (tertiary/aromatic N) is 4. The van der Waals surface area contributed by atoms with Crippen LogP contribution in [0.3, 0.4) is 0 Å². The molecule has 160 valence electrons. The number of anilines is 1. The van der Waals surface area contributed by atoms with Crippen LogP contribution in [0.15, 0.2) is 60.7 Å². The normalized spacial score (nSPS) is 13.9. The molecule has 0 N–H and O–H groups in total. The van der Waals surface area contributed by atoms with Crippen LogP contribution in [0.1, 0.15) is 17.8 Å². The number of carbonyl (C=O) groups excluding carboxylic acids is 1. The monoisotopic (exact) mass is 436 g/mol. The second-order valence-electron chi connectivity index (χ2n) is 7.52. The van der Waals surface area contributed by atoms with E-state index in [9.17, 15) is 4.79 Å². The summed E-state index contributed by atoms with van der Waals surface area (Å²) in [5, 5.41) is 0.703. The molecule has 0 bridgehead atoms. The molecule has 1 fully saturated rings. The summed E-state index contributed by atoms with van der Waals surface area (Å²) in [5.74, 6) is 2.91. The molecule has 2 heterocycles. The third kappa shape index (κ3) is 5.73. The van der Waals surface area contributed by atoms with Gasteiger partial charge in [-0.25, -0.2) is 4.98 Å². The van der Waals surface area contributed by atoms with E-state index in [-0.39, 0.29) is 5.91 Å². The summed E-state index contributed by atoms with van der Waals surface area (Å²) in [6.45, 7) is 4.66. The molecule has 2 aromatic carbocycles. The summed E-state index contributed by atoms with van der Waals surface area (Å²) < 4.78 is 5.88. The fraction of sp³-hybridized carbons (Fsp3) is 0.292. The Morgan fingerprint density at radius 3 is 2.52 bits per heavy atom. The van der Waals surface area contributed by atoms with Crippen LogP contribution in [0.2, 0.25) is 5.02 Å². The first-order chi connectivity index (χ1) is 15.1. The van der Waals surface area contributed by atoms with Gasteiger partial charge in [-0.05, 0) is 43.2 Å². The molecular formula is C24H25ClN4O2. The van der Waals surface area contributed by atoms with Crippen molar-refractivity contribution in [1.82, 2.24) is 14.9 Å². The molecule has 0 unspecified atom stereocenters. The number of rotatable bonds is 6. The average Bonchev–Trinajstić information content (AvgIpc) is 2.78. The summed E-state index contributed by atoms with van der Waals surface area (Å²) >= 11 is 6.03. The lowest BCUT2D eigenvalue weighted by atomic mass is 10.1. The topological polar surface area (TPSA) is 58.6 Å². The molecule has 0 saturated carbocycles. The SMILES string of the molecule is Cc1nc(Oc2ccccc2)cc(N2CCN(C(=O)CCc3cccc(Cl)c3)CC2)n1. The van der Waals surface area contributed by atoms with Crippen molar-refractivity contribution < 1.29 is 9.53 Å². The van der Waals surface area contributed by atoms with Crippen LogP contribution in [0.4, 0.5) is 5.82 Å². The number of hydrogen-bond acceptors (Lipinski definition) is 5. The minimum atomic E-state index is 0.173. The van der Waals surface area contributed by atoms with Gasteiger partial charge in [-0.15, -0.1) is 0 Å². The molecule has 1 saturated heterocycles. The summed E-state index contributed by atoms with van der Waals surface area (Å²) in [6, 6.07) is 19.1. The van der Waals surface area contributed by atoms with E-state index in [1.54, 1.807) is 0 Å². The lowest BCUT2D eigenvalue weighted by Gasteiger charge is -2.35. The molecule has 1 aliphatic rings. The van der Waals surface area contributed by atoms with E-state index in [1.807, 2.05) is 72.5 Å². The van der Waals surface area contributed by atoms with Crippen molar-refractivity contribution in [3.05, 3.63) is 77.1 Å². The number of aryl methyl sites for hydroxylation is 2. The second kappa shape index (κ2) is 9.79. The first kappa shape index (κ1) is 21.1. The van der Waals surface area contributed by atoms with Crippen LogP contribution in [0.25, 0.3) is 0 Å². The lowest BCUT2D eigenvalue weighted by molar-refractivity contribution is -0.131. The van der Waals surface area contributed by atoms with Gasteiger partial charge >= 0.3 is 0 Å². The van der Waals surface area contributed by atoms with Crippen LogP contribution in [0, 0.1) is 6.92 Å². The molecule has 7 heteroatoms. The maximum Gasteiger partial charge on any atom is 0.224 e. The minimum Gasteiger partial charge on any atom is -0.439 e. The fourth-order valence-electron chi connectivity index (χ4n) is 3.64. The number of amides is 1. The fourth-order valence-corrected chi connectivity index (χ4v) is 3.85. The predicted octanol–water partition coefficient (Wildman–Crippen LogP) is 4.51. The van der Waals surface area contributed by atoms with Crippen LogP contribution in [0.5, 0.6) is 11.6 Å². The molecule has 31 heavy (non-hydrogen) atoms. The highest BCUT2D eigenvalue weighted by molar-refractivity contribution is 6.30. The highest BCUT2D eigenvalue weighted by atomic mass is 35.5. The molecular weight excluding hydrogens is 412 g/mol. The Labute approximate surface area is 187 Å². The Morgan fingerprint density at radius 1 is 1.00 bits per heavy atom. The number of hydrogen-bond donors (Lipinski definition) is 0. The zero-order valence-electron chi connectivity index (χ0n) is 17.5. The number of ether oxygens (including phenoxy) is 1. The van der Waals surface area contributed by atoms with Crippen molar-refractivity contribution in [2.24, 2.45) is 0 Å². The molecule has 1 aromatic heterocycles. The van der Waals surface area contributed by atoms with Crippen molar-refractivity contribution in [1.29, 1.82) is 0 Å². The van der Waals surface area contributed by atoms with Gasteiger partial charge in [0.15, 0.2) is 0 Å². The smallest absolute Gasteiger partial charge is 0.224 e. The van der Waals surface area contributed by atoms with Gasteiger partial charge in [0.25, 0.3) is 0 Å². The van der Waals surface area contributed by atoms with Crippen LogP contribution < -0.4 is 9.64 Å². The summed E-state index contributed by atoms with van der Waals surface area (Å²) in [6.07, 6.45) is 1.19. The molecule has 1 aliphatic heterocycles. The van der Waals surface area contributed by atoms with Gasteiger partial charge in [-0.1, -0.05) is 41.9 Å². The van der Waals surface area contributed by atoms with E-state index in [0.717, 1.165) is 30.2 Å². The Kier molecular flexibility index (Phi) is 6.67. The Morgan fingerprint density at radius 2 is 1.77 bits per heavy atom. The Bertz CT molecular complexity index is 1040. The van der Waals surface area contributed by atoms with Gasteiger partial charge in [-0.2, -0.15) is 4.98 Å². The van der Waals surface area contributed by atoms with Gasteiger partial charge in [0.05, 0.1) is 0 Å². The van der Waals surface area contributed by atoms with Crippen LogP contribution in [-0.4, -0.2) is 47.0 Å². The van der Waals surface area contributed by atoms with Crippen molar-refractivity contribution in [2.45, 2.75) is 19.8 Å². The van der Waals surface area contributed by atoms with Gasteiger partial charge in [0.2, 0.25) is 11.8 Å². The zero-order chi connectivity index (χ0) is 21.6. The molecule has 1 amide bonds. The number of piperazine rings is 1. The van der Waals surface area contributed by atoms with Crippen molar-refractivity contribution in [2.75, 3.05) is 31.1 Å². The summed E-state index contributed by atoms with van der Waals surface area (Å²) in [4.78, 5) is 25.7. The number of carbonyl (C=O) groups is 1. The maximum absolute atomic E-state index is 12.6. The third-order valence-electron chi connectivity index (χ3n) is 5.24. The highest BCUT2D eigenvalue weighted by Gasteiger charge is 2.22. The van der Waals surface area contributed by atoms with E-state index in [1.165, 1.54) is 0 Å². The predicted molar refractivity (Wildman–Crippen MR) is 122 cm³/mol. The van der Waals surface area contributed by atoms with E-state index in [4.69, 9.17) is 16.3 Å². The van der Waals surface area contributed by atoms with Gasteiger partial charge in [-0.3, -0.25) is 4.79 Å². The van der Waals surface area contributed by atoms with Gasteiger partial charge in [0, 0.05) is 43.7 Å². The summed E-state index contributed by atoms with van der Waals surface area (Å²) in [5.41, 5.74) is 1.09. The quantitative estimate of drug-likeness (QED) is 0.569. The standard InChI is InChI=1S/C24H25ClN4O2/c1-18-26-22(17-23(27-18)31-21-8-3-2-4-9-21)28-12-14-29(15-13-28)24(30)11-10-19-6-5-7-20(25)16-19/h2-9,16-17H,10-15H2,1H3. The molecule has 0 spiro atoms. The zero-order valence-corrected chi connectivity index (χ0v) is 18.3. The first-order valence-electron chi connectivity index (χ1n) is 10.4. The lowest BCUT2D eigenvalue weighted by Crippen LogP contribution is -2.49. The third-order valence-corrected chi connectivity index (χ3v) is 5.47. The highest BCUT2D eigenvalue weighted by Crippen LogP contribution is 2.24. The van der Waals surface area contributed by atoms with Gasteiger partial charge in [0.1, 0.15) is 17.4 Å². The van der Waals surface area contributed by atoms with Gasteiger partial charge < -0.3 is 14.5 Å². The number of para-hydroxylation sites is 1. The van der Waals surface area contributed by atoms with Crippen molar-refractivity contribution in [3.8, 4) is 11.6 Å². The van der Waals surface area contributed by atoms with Crippen LogP contribution >= 0.6 is 11.6 Å². The molecule has 4 rings (SSSR count). The number of benzene rings is 2. The second-order valence-corrected chi connectivity index (χ2v) is 7.96. The molecule has 3 aromatic rings. The molecule has 0 radical (unpaired) electrons. The first-order valence-corrected chi connectivity index (χ1v) is 10.8. The van der Waals surface area contributed by atoms with Crippen molar-refractivity contribution in [3.63, 3.8) is 0 Å². The Hall–Kier alpha value is -3.12. The van der Waals surface area contributed by atoms with Crippen molar-refractivity contribution >= 4 is 23.3 Å². The van der Waals surface area contributed by atoms with E-state index < -0.39 is 0 Å². The maximum atomic E-state index is 12.6. The summed E-state index contributed by atoms with van der Waals surface area (Å²) in [7, 11) is 0. The molecule has 6 nitrogen and oxygen atoms in total. The molecule has 0 aliphatic carbocycles. The number of aromatic nitrogens is 2. The van der Waals surface area contributed by atoms with E-state index in [0.29, 0.717) is 42.7 Å². The minimum absolute atomic E-state index is 0.173. The largest absolute Gasteiger partial charge is 0.439 e. The number of halogens is 1. The van der Waals surface area contributed by atoms with E-state index in [2.05, 4.69) is 14.9 Å². The molecule has 0 atom stereocenters. The average molecular weight is 437 g/mol. The van der Waals surface area contributed by atoms with Crippen LogP contribution in [-0.2, 0) is 11.2 Å². The Balaban J connectivity index is 1.33. The van der Waals surface area contributed by atoms with E-state index >= 15 is 0 Å².